The minimum Gasteiger partial charge on any atom is -0.337 e. The van der Waals surface area contributed by atoms with Crippen molar-refractivity contribution in [3.05, 3.63) is 16.7 Å². The number of H-pyrrole nitrogens is 1. The van der Waals surface area contributed by atoms with Crippen molar-refractivity contribution in [3.8, 4) is 0 Å². The predicted octanol–water partition coefficient (Wildman–Crippen LogP) is 1.65. The maximum atomic E-state index is 4.95. The smallest absolute Gasteiger partial charge is 0.177 e. The van der Waals surface area contributed by atoms with Crippen LogP contribution in [0, 0.1) is 4.77 Å². The first kappa shape index (κ1) is 6.55. The lowest BCUT2D eigenvalue weighted by atomic mass is 10.4. The number of hydrogen-bond acceptors (Lipinski definition) is 1. The summed E-state index contributed by atoms with van der Waals surface area (Å²) in [5.74, 6) is 0. The second-order valence-electron chi connectivity index (χ2n) is 2.00. The number of aromatic amines is 1. The second-order valence-corrected chi connectivity index (χ2v) is 2.38. The topological polar surface area (TPSA) is 20.7 Å². The lowest BCUT2D eigenvalue weighted by molar-refractivity contribution is 0.820. The molecule has 3 heteroatoms. The number of aromatic nitrogens is 2. The van der Waals surface area contributed by atoms with Crippen LogP contribution in [-0.2, 0) is 13.5 Å². The van der Waals surface area contributed by atoms with E-state index in [0.29, 0.717) is 0 Å². The molecule has 0 atom stereocenters. The zero-order valence-corrected chi connectivity index (χ0v) is 6.46. The van der Waals surface area contributed by atoms with Crippen molar-refractivity contribution < 1.29 is 0 Å². The fraction of sp³-hybridized carbons (Fsp3) is 0.500. The predicted molar refractivity (Wildman–Crippen MR) is 40.0 cm³/mol. The standard InChI is InChI=1S/C6H10N2S/c1-3-5-4-7-6(9)8(5)2/h4H,3H2,1-2H3,(H,7,9). The van der Waals surface area contributed by atoms with Crippen LogP contribution in [0.1, 0.15) is 12.6 Å². The zero-order chi connectivity index (χ0) is 6.85. The third-order valence-corrected chi connectivity index (χ3v) is 1.85. The molecular weight excluding hydrogens is 132 g/mol. The molecule has 1 aromatic heterocycles. The van der Waals surface area contributed by atoms with Gasteiger partial charge in [0.25, 0.3) is 0 Å². The molecule has 1 rings (SSSR count). The van der Waals surface area contributed by atoms with Crippen molar-refractivity contribution in [2.75, 3.05) is 0 Å². The Morgan fingerprint density at radius 3 is 2.67 bits per heavy atom. The summed E-state index contributed by atoms with van der Waals surface area (Å²) < 4.78 is 2.78. The largest absolute Gasteiger partial charge is 0.337 e. The summed E-state index contributed by atoms with van der Waals surface area (Å²) in [7, 11) is 1.97. The number of hydrogen-bond donors (Lipinski definition) is 1. The maximum absolute atomic E-state index is 4.95. The van der Waals surface area contributed by atoms with E-state index in [0.717, 1.165) is 11.2 Å². The highest BCUT2D eigenvalue weighted by molar-refractivity contribution is 7.71. The first-order valence-corrected chi connectivity index (χ1v) is 3.39. The minimum atomic E-state index is 0.798. The summed E-state index contributed by atoms with van der Waals surface area (Å²) in [6, 6.07) is 0. The van der Waals surface area contributed by atoms with Gasteiger partial charge in [0, 0.05) is 18.9 Å². The Kier molecular flexibility index (Phi) is 1.71. The van der Waals surface area contributed by atoms with E-state index >= 15 is 0 Å². The van der Waals surface area contributed by atoms with Gasteiger partial charge < -0.3 is 9.55 Å². The Hall–Kier alpha value is -0.570. The van der Waals surface area contributed by atoms with Crippen LogP contribution in [0.4, 0.5) is 0 Å². The van der Waals surface area contributed by atoms with Gasteiger partial charge >= 0.3 is 0 Å². The molecule has 0 saturated carbocycles. The lowest BCUT2D eigenvalue weighted by Crippen LogP contribution is -1.92. The molecule has 0 aliphatic carbocycles. The van der Waals surface area contributed by atoms with E-state index in [4.69, 9.17) is 12.2 Å². The van der Waals surface area contributed by atoms with Crippen LogP contribution in [0.5, 0.6) is 0 Å². The first-order chi connectivity index (χ1) is 4.25. The highest BCUT2D eigenvalue weighted by atomic mass is 32.1. The third kappa shape index (κ3) is 1.05. The molecule has 1 aromatic rings. The Morgan fingerprint density at radius 1 is 1.78 bits per heavy atom. The van der Waals surface area contributed by atoms with Gasteiger partial charge in [-0.05, 0) is 18.6 Å². The van der Waals surface area contributed by atoms with Crippen LogP contribution < -0.4 is 0 Å². The van der Waals surface area contributed by atoms with Crippen molar-refractivity contribution in [2.45, 2.75) is 13.3 Å². The Balaban J connectivity index is 3.20. The van der Waals surface area contributed by atoms with Crippen molar-refractivity contribution in [1.29, 1.82) is 0 Å². The van der Waals surface area contributed by atoms with Gasteiger partial charge in [0.05, 0.1) is 0 Å². The molecule has 0 radical (unpaired) electrons. The van der Waals surface area contributed by atoms with Gasteiger partial charge in [-0.15, -0.1) is 0 Å². The molecule has 50 valence electrons. The highest BCUT2D eigenvalue weighted by Gasteiger charge is 1.93. The van der Waals surface area contributed by atoms with Gasteiger partial charge in [0.1, 0.15) is 0 Å². The van der Waals surface area contributed by atoms with Gasteiger partial charge in [0.2, 0.25) is 0 Å². The zero-order valence-electron chi connectivity index (χ0n) is 5.64. The summed E-state index contributed by atoms with van der Waals surface area (Å²) >= 11 is 4.95. The number of rotatable bonds is 1. The number of nitrogens with zero attached hydrogens (tertiary/aromatic N) is 1. The normalized spacial score (nSPS) is 10.0. The van der Waals surface area contributed by atoms with Gasteiger partial charge in [-0.25, -0.2) is 0 Å². The molecule has 0 aromatic carbocycles. The van der Waals surface area contributed by atoms with E-state index in [2.05, 4.69) is 11.9 Å². The van der Waals surface area contributed by atoms with E-state index in [9.17, 15) is 0 Å². The van der Waals surface area contributed by atoms with E-state index < -0.39 is 0 Å². The summed E-state index contributed by atoms with van der Waals surface area (Å²) in [5.41, 5.74) is 1.25. The second kappa shape index (κ2) is 2.35. The molecular formula is C6H10N2S. The molecule has 0 aliphatic rings. The van der Waals surface area contributed by atoms with Gasteiger partial charge in [0.15, 0.2) is 4.77 Å². The highest BCUT2D eigenvalue weighted by Crippen LogP contribution is 1.97. The van der Waals surface area contributed by atoms with Crippen molar-refractivity contribution >= 4 is 12.2 Å². The van der Waals surface area contributed by atoms with E-state index in [1.54, 1.807) is 0 Å². The maximum Gasteiger partial charge on any atom is 0.177 e. The van der Waals surface area contributed by atoms with Crippen LogP contribution >= 0.6 is 12.2 Å². The molecule has 1 heterocycles. The van der Waals surface area contributed by atoms with Crippen LogP contribution in [0.2, 0.25) is 0 Å². The molecule has 9 heavy (non-hydrogen) atoms. The molecule has 0 unspecified atom stereocenters. The Morgan fingerprint density at radius 2 is 2.44 bits per heavy atom. The van der Waals surface area contributed by atoms with Crippen LogP contribution in [-0.4, -0.2) is 9.55 Å². The van der Waals surface area contributed by atoms with Crippen molar-refractivity contribution in [2.24, 2.45) is 7.05 Å². The first-order valence-electron chi connectivity index (χ1n) is 2.99. The fourth-order valence-electron chi connectivity index (χ4n) is 0.808. The van der Waals surface area contributed by atoms with Crippen LogP contribution in [0.3, 0.4) is 0 Å². The fourth-order valence-corrected chi connectivity index (χ4v) is 0.985. The molecule has 0 fully saturated rings. The lowest BCUT2D eigenvalue weighted by Gasteiger charge is -1.93. The third-order valence-electron chi connectivity index (χ3n) is 1.46. The molecule has 0 spiro atoms. The molecule has 0 aliphatic heterocycles. The van der Waals surface area contributed by atoms with Gasteiger partial charge in [-0.3, -0.25) is 0 Å². The average molecular weight is 142 g/mol. The summed E-state index contributed by atoms with van der Waals surface area (Å²) in [6.45, 7) is 2.11. The minimum absolute atomic E-state index is 0.798. The van der Waals surface area contributed by atoms with E-state index in [-0.39, 0.29) is 0 Å². The van der Waals surface area contributed by atoms with Gasteiger partial charge in [-0.2, -0.15) is 0 Å². The summed E-state index contributed by atoms with van der Waals surface area (Å²) in [5, 5.41) is 0. The van der Waals surface area contributed by atoms with Crippen LogP contribution in [0.25, 0.3) is 0 Å². The summed E-state index contributed by atoms with van der Waals surface area (Å²) in [4.78, 5) is 2.97. The van der Waals surface area contributed by atoms with Crippen molar-refractivity contribution in [1.82, 2.24) is 9.55 Å². The molecule has 1 N–H and O–H groups in total. The number of aryl methyl sites for hydroxylation is 1. The molecule has 0 bridgehead atoms. The number of nitrogens with one attached hydrogen (secondary N) is 1. The van der Waals surface area contributed by atoms with Crippen LogP contribution in [0.15, 0.2) is 6.20 Å². The average Bonchev–Trinajstić information content (AvgIpc) is 2.15. The van der Waals surface area contributed by atoms with Gasteiger partial charge in [-0.1, -0.05) is 6.92 Å². The Labute approximate surface area is 59.5 Å². The van der Waals surface area contributed by atoms with E-state index in [1.165, 1.54) is 5.69 Å². The monoisotopic (exact) mass is 142 g/mol. The Bertz CT molecular complexity index is 246. The number of imidazole rings is 1. The SMILES string of the molecule is CCc1c[nH]c(=S)n1C. The quantitative estimate of drug-likeness (QED) is 0.591. The van der Waals surface area contributed by atoms with Crippen molar-refractivity contribution in [3.63, 3.8) is 0 Å². The molecule has 0 saturated heterocycles. The summed E-state index contributed by atoms with van der Waals surface area (Å²) in [6.07, 6.45) is 2.98. The molecule has 0 amide bonds. The van der Waals surface area contributed by atoms with E-state index in [1.807, 2.05) is 17.8 Å². The molecule has 2 nitrogen and oxygen atoms in total.